The van der Waals surface area contributed by atoms with Gasteiger partial charge in [0.05, 0.1) is 17.1 Å². The van der Waals surface area contributed by atoms with E-state index >= 15 is 0 Å². The molecular weight excluding hydrogens is 282 g/mol. The van der Waals surface area contributed by atoms with E-state index in [-0.39, 0.29) is 17.1 Å². The molecule has 6 nitrogen and oxygen atoms in total. The molecule has 0 saturated carbocycles. The van der Waals surface area contributed by atoms with Gasteiger partial charge in [-0.2, -0.15) is 0 Å². The summed E-state index contributed by atoms with van der Waals surface area (Å²) >= 11 is 0. The first-order valence-electron chi connectivity index (χ1n) is 6.22. The van der Waals surface area contributed by atoms with Crippen molar-refractivity contribution in [2.75, 3.05) is 13.2 Å². The highest BCUT2D eigenvalue weighted by Crippen LogP contribution is 2.16. The van der Waals surface area contributed by atoms with Crippen LogP contribution in [0.5, 0.6) is 0 Å². The van der Waals surface area contributed by atoms with E-state index < -0.39 is 22.0 Å². The van der Waals surface area contributed by atoms with Crippen molar-refractivity contribution in [3.63, 3.8) is 0 Å². The molecule has 112 valence electrons. The highest BCUT2D eigenvalue weighted by atomic mass is 32.2. The topological polar surface area (TPSA) is 92.7 Å². The van der Waals surface area contributed by atoms with Gasteiger partial charge in [-0.25, -0.2) is 17.9 Å². The van der Waals surface area contributed by atoms with Crippen molar-refractivity contribution in [3.05, 3.63) is 29.3 Å². The molecule has 0 heterocycles. The van der Waals surface area contributed by atoms with E-state index in [1.54, 1.807) is 13.8 Å². The molecule has 7 heteroatoms. The number of aryl methyl sites for hydroxylation is 1. The van der Waals surface area contributed by atoms with E-state index in [0.717, 1.165) is 6.07 Å². The molecule has 0 aliphatic heterocycles. The van der Waals surface area contributed by atoms with Crippen LogP contribution in [-0.4, -0.2) is 38.7 Å². The van der Waals surface area contributed by atoms with E-state index in [4.69, 9.17) is 9.84 Å². The van der Waals surface area contributed by atoms with Crippen LogP contribution in [-0.2, 0) is 14.8 Å². The number of carboxylic acid groups (broad SMARTS) is 1. The lowest BCUT2D eigenvalue weighted by Crippen LogP contribution is -2.36. The molecule has 0 aliphatic rings. The van der Waals surface area contributed by atoms with Crippen molar-refractivity contribution in [2.24, 2.45) is 0 Å². The molecule has 1 unspecified atom stereocenters. The van der Waals surface area contributed by atoms with Gasteiger partial charge in [0.1, 0.15) is 0 Å². The molecule has 1 atom stereocenters. The maximum atomic E-state index is 12.1. The summed E-state index contributed by atoms with van der Waals surface area (Å²) < 4.78 is 31.8. The van der Waals surface area contributed by atoms with Crippen LogP contribution >= 0.6 is 0 Å². The lowest BCUT2D eigenvalue weighted by Gasteiger charge is -2.14. The van der Waals surface area contributed by atoms with Crippen LogP contribution in [0, 0.1) is 6.92 Å². The van der Waals surface area contributed by atoms with Crippen LogP contribution in [0.25, 0.3) is 0 Å². The van der Waals surface area contributed by atoms with Gasteiger partial charge in [-0.15, -0.1) is 0 Å². The second kappa shape index (κ2) is 6.83. The Labute approximate surface area is 118 Å². The number of carboxylic acids is 1. The fourth-order valence-corrected chi connectivity index (χ4v) is 2.91. The number of hydrogen-bond donors (Lipinski definition) is 2. The first-order valence-corrected chi connectivity index (χ1v) is 7.70. The number of carbonyl (C=O) groups is 1. The summed E-state index contributed by atoms with van der Waals surface area (Å²) in [6, 6.07) is 3.63. The quantitative estimate of drug-likeness (QED) is 0.794. The number of rotatable bonds is 7. The Morgan fingerprint density at radius 2 is 2.10 bits per heavy atom. The SMILES string of the molecule is CCOCC(C)NS(=O)(=O)c1ccc(C)c(C(=O)O)c1. The zero-order chi connectivity index (χ0) is 15.3. The van der Waals surface area contributed by atoms with Crippen LogP contribution in [0.4, 0.5) is 0 Å². The standard InChI is InChI=1S/C13H19NO5S/c1-4-19-8-10(3)14-20(17,18)11-6-5-9(2)12(7-11)13(15)16/h5-7,10,14H,4,8H2,1-3H3,(H,15,16). The van der Waals surface area contributed by atoms with Crippen molar-refractivity contribution in [1.82, 2.24) is 4.72 Å². The van der Waals surface area contributed by atoms with Crippen LogP contribution in [0.2, 0.25) is 0 Å². The molecule has 0 radical (unpaired) electrons. The average molecular weight is 301 g/mol. The van der Waals surface area contributed by atoms with Gasteiger partial charge in [-0.3, -0.25) is 0 Å². The minimum absolute atomic E-state index is 0.0228. The Balaban J connectivity index is 2.98. The minimum atomic E-state index is -3.76. The molecular formula is C13H19NO5S. The average Bonchev–Trinajstić information content (AvgIpc) is 2.35. The summed E-state index contributed by atoms with van der Waals surface area (Å²) in [6.45, 7) is 5.87. The molecule has 1 aromatic carbocycles. The molecule has 0 aromatic heterocycles. The molecule has 0 spiro atoms. The summed E-state index contributed by atoms with van der Waals surface area (Å²) in [5, 5.41) is 9.02. The van der Waals surface area contributed by atoms with Crippen LogP contribution in [0.1, 0.15) is 29.8 Å². The highest BCUT2D eigenvalue weighted by Gasteiger charge is 2.19. The second-order valence-corrected chi connectivity index (χ2v) is 6.18. The molecule has 20 heavy (non-hydrogen) atoms. The normalized spacial score (nSPS) is 13.2. The van der Waals surface area contributed by atoms with E-state index in [1.807, 2.05) is 6.92 Å². The molecule has 0 fully saturated rings. The fourth-order valence-electron chi connectivity index (χ4n) is 1.66. The monoisotopic (exact) mass is 301 g/mol. The lowest BCUT2D eigenvalue weighted by molar-refractivity contribution is 0.0696. The smallest absolute Gasteiger partial charge is 0.335 e. The molecule has 0 saturated heterocycles. The van der Waals surface area contributed by atoms with Crippen molar-refractivity contribution < 1.29 is 23.1 Å². The van der Waals surface area contributed by atoms with Gasteiger partial charge < -0.3 is 9.84 Å². The number of ether oxygens (including phenoxy) is 1. The third-order valence-electron chi connectivity index (χ3n) is 2.68. The summed E-state index contributed by atoms with van der Waals surface area (Å²) in [5.41, 5.74) is 0.490. The number of nitrogens with one attached hydrogen (secondary N) is 1. The van der Waals surface area contributed by atoms with Gasteiger partial charge in [0.25, 0.3) is 0 Å². The van der Waals surface area contributed by atoms with Gasteiger partial charge in [0.2, 0.25) is 10.0 Å². The molecule has 1 aromatic rings. The Hall–Kier alpha value is -1.44. The molecule has 1 rings (SSSR count). The highest BCUT2D eigenvalue weighted by molar-refractivity contribution is 7.89. The van der Waals surface area contributed by atoms with Gasteiger partial charge in [-0.1, -0.05) is 6.07 Å². The van der Waals surface area contributed by atoms with Crippen molar-refractivity contribution in [1.29, 1.82) is 0 Å². The van der Waals surface area contributed by atoms with Gasteiger partial charge in [0, 0.05) is 12.6 Å². The van der Waals surface area contributed by atoms with Crippen molar-refractivity contribution in [2.45, 2.75) is 31.7 Å². The van der Waals surface area contributed by atoms with E-state index in [0.29, 0.717) is 12.2 Å². The Morgan fingerprint density at radius 3 is 2.65 bits per heavy atom. The Bertz CT molecular complexity index is 582. The maximum absolute atomic E-state index is 12.1. The minimum Gasteiger partial charge on any atom is -0.478 e. The van der Waals surface area contributed by atoms with Gasteiger partial charge in [-0.05, 0) is 38.5 Å². The third kappa shape index (κ3) is 4.29. The number of hydrogen-bond acceptors (Lipinski definition) is 4. The first-order chi connectivity index (χ1) is 9.27. The second-order valence-electron chi connectivity index (χ2n) is 4.46. The summed E-state index contributed by atoms with van der Waals surface area (Å²) in [5.74, 6) is -1.15. The van der Waals surface area contributed by atoms with Crippen molar-refractivity contribution >= 4 is 16.0 Å². The summed E-state index contributed by atoms with van der Waals surface area (Å²) in [6.07, 6.45) is 0. The predicted octanol–water partition coefficient (Wildman–Crippen LogP) is 1.40. The van der Waals surface area contributed by atoms with E-state index in [1.165, 1.54) is 12.1 Å². The van der Waals surface area contributed by atoms with Crippen LogP contribution in [0.15, 0.2) is 23.1 Å². The van der Waals surface area contributed by atoms with Crippen LogP contribution in [0.3, 0.4) is 0 Å². The molecule has 0 aliphatic carbocycles. The zero-order valence-corrected chi connectivity index (χ0v) is 12.5. The molecule has 0 bridgehead atoms. The van der Waals surface area contributed by atoms with E-state index in [2.05, 4.69) is 4.72 Å². The molecule has 0 amide bonds. The Morgan fingerprint density at radius 1 is 1.45 bits per heavy atom. The maximum Gasteiger partial charge on any atom is 0.335 e. The first kappa shape index (κ1) is 16.6. The third-order valence-corrected chi connectivity index (χ3v) is 4.27. The largest absolute Gasteiger partial charge is 0.478 e. The van der Waals surface area contributed by atoms with E-state index in [9.17, 15) is 13.2 Å². The summed E-state index contributed by atoms with van der Waals surface area (Å²) in [7, 11) is -3.76. The number of benzene rings is 1. The zero-order valence-electron chi connectivity index (χ0n) is 11.7. The van der Waals surface area contributed by atoms with Crippen LogP contribution < -0.4 is 4.72 Å². The summed E-state index contributed by atoms with van der Waals surface area (Å²) in [4.78, 5) is 11.0. The van der Waals surface area contributed by atoms with Crippen molar-refractivity contribution in [3.8, 4) is 0 Å². The Kier molecular flexibility index (Phi) is 5.67. The molecule has 2 N–H and O–H groups in total. The number of sulfonamides is 1. The lowest BCUT2D eigenvalue weighted by atomic mass is 10.1. The predicted molar refractivity (Wildman–Crippen MR) is 74.4 cm³/mol. The van der Waals surface area contributed by atoms with Gasteiger partial charge >= 0.3 is 5.97 Å². The van der Waals surface area contributed by atoms with Gasteiger partial charge in [0.15, 0.2) is 0 Å². The number of aromatic carboxylic acids is 1. The fraction of sp³-hybridized carbons (Fsp3) is 0.462.